The molecular weight excluding hydrogens is 613 g/mol. The van der Waals surface area contributed by atoms with Gasteiger partial charge in [-0.15, -0.1) is 0 Å². The Labute approximate surface area is 279 Å². The fraction of sp³-hybridized carbons (Fsp3) is 0.941. The molecule has 0 saturated heterocycles. The Morgan fingerprint density at radius 3 is 1.41 bits per heavy atom. The van der Waals surface area contributed by atoms with Gasteiger partial charge in [-0.05, 0) is 12.8 Å². The van der Waals surface area contributed by atoms with E-state index in [0.717, 1.165) is 38.5 Å². The minimum Gasteiger partial charge on any atom is -0.462 e. The Hall–Kier alpha value is -1.07. The minimum absolute atomic E-state index is 0.211. The van der Waals surface area contributed by atoms with Gasteiger partial charge in [-0.1, -0.05) is 147 Å². The Bertz CT molecular complexity index is 757. The number of aliphatic hydroxyl groups is 2. The quantitative estimate of drug-likeness (QED) is 0.0264. The van der Waals surface area contributed by atoms with Gasteiger partial charge in [-0.3, -0.25) is 18.6 Å². The van der Waals surface area contributed by atoms with E-state index in [1.807, 2.05) is 0 Å². The molecule has 0 aliphatic heterocycles. The Morgan fingerprint density at radius 1 is 0.609 bits per heavy atom. The van der Waals surface area contributed by atoms with E-state index in [0.29, 0.717) is 6.42 Å². The van der Waals surface area contributed by atoms with Gasteiger partial charge in [0.05, 0.1) is 19.8 Å². The van der Waals surface area contributed by atoms with Crippen LogP contribution in [0.1, 0.15) is 168 Å². The SMILES string of the molecule is CCCCCCCCCCCCCC(=O)OCC(COP(=O)(O[NH3+])OCC(O)CO)OC(=O)CCCCCCCCCCCCC. The molecule has 0 rings (SSSR count). The standard InChI is InChI=1S/C34H69NO10P/c1-3-5-7-9-11-13-15-17-19-21-23-25-33(38)41-29-32(30-43-46(40,45-35)42-28-31(37)27-36)44-34(39)26-24-22-20-18-16-14-12-10-8-6-4-2/h31-32,36-37H,3-30H2,1-2,35H3/q+1. The summed E-state index contributed by atoms with van der Waals surface area (Å²) in [5, 5.41) is 18.4. The van der Waals surface area contributed by atoms with Crippen molar-refractivity contribution < 1.29 is 53.4 Å². The lowest BCUT2D eigenvalue weighted by Gasteiger charge is -2.20. The van der Waals surface area contributed by atoms with Crippen molar-refractivity contribution in [1.82, 2.24) is 0 Å². The highest BCUT2D eigenvalue weighted by Crippen LogP contribution is 2.47. The van der Waals surface area contributed by atoms with Crippen LogP contribution < -0.4 is 5.90 Å². The summed E-state index contributed by atoms with van der Waals surface area (Å²) in [6.45, 7) is 2.63. The summed E-state index contributed by atoms with van der Waals surface area (Å²) in [5.41, 5.74) is 0. The molecule has 0 saturated carbocycles. The van der Waals surface area contributed by atoms with E-state index in [9.17, 15) is 19.3 Å². The van der Waals surface area contributed by atoms with E-state index in [1.165, 1.54) is 96.3 Å². The molecule has 0 aliphatic rings. The molecule has 0 heterocycles. The highest BCUT2D eigenvalue weighted by Gasteiger charge is 2.32. The molecule has 0 radical (unpaired) electrons. The number of aliphatic hydroxyl groups excluding tert-OH is 2. The first-order valence-corrected chi connectivity index (χ1v) is 19.7. The monoisotopic (exact) mass is 682 g/mol. The lowest BCUT2D eigenvalue weighted by atomic mass is 10.1. The molecule has 46 heavy (non-hydrogen) atoms. The fourth-order valence-corrected chi connectivity index (χ4v) is 5.93. The van der Waals surface area contributed by atoms with Crippen LogP contribution in [-0.2, 0) is 37.3 Å². The zero-order valence-corrected chi connectivity index (χ0v) is 30.2. The summed E-state index contributed by atoms with van der Waals surface area (Å²) in [6, 6.07) is 0. The third-order valence-corrected chi connectivity index (χ3v) is 9.16. The lowest BCUT2D eigenvalue weighted by molar-refractivity contribution is -0.643. The van der Waals surface area contributed by atoms with Gasteiger partial charge in [0.25, 0.3) is 0 Å². The van der Waals surface area contributed by atoms with Crippen LogP contribution in [0, 0.1) is 0 Å². The van der Waals surface area contributed by atoms with Gasteiger partial charge in [-0.25, -0.2) is 10.5 Å². The second-order valence-corrected chi connectivity index (χ2v) is 14.0. The van der Waals surface area contributed by atoms with Crippen LogP contribution in [0.25, 0.3) is 0 Å². The number of unbranched alkanes of at least 4 members (excludes halogenated alkanes) is 20. The Balaban J connectivity index is 4.50. The first-order chi connectivity index (χ1) is 22.3. The van der Waals surface area contributed by atoms with Gasteiger partial charge >= 0.3 is 19.8 Å². The summed E-state index contributed by atoms with van der Waals surface area (Å²) in [4.78, 5) is 24.9. The van der Waals surface area contributed by atoms with E-state index in [4.69, 9.17) is 23.6 Å². The van der Waals surface area contributed by atoms with E-state index in [2.05, 4.69) is 24.4 Å². The summed E-state index contributed by atoms with van der Waals surface area (Å²) < 4.78 is 38.4. The van der Waals surface area contributed by atoms with Gasteiger partial charge in [0.15, 0.2) is 6.10 Å². The molecule has 3 atom stereocenters. The van der Waals surface area contributed by atoms with Crippen LogP contribution in [-0.4, -0.2) is 60.8 Å². The maximum absolute atomic E-state index is 12.7. The molecule has 0 spiro atoms. The molecule has 5 N–H and O–H groups in total. The molecular formula is C34H69NO10P+. The Morgan fingerprint density at radius 2 is 1.00 bits per heavy atom. The minimum atomic E-state index is -4.22. The summed E-state index contributed by atoms with van der Waals surface area (Å²) in [5.74, 6) is 2.23. The number of hydrogen-bond donors (Lipinski definition) is 3. The number of carbonyl (C=O) groups excluding carboxylic acids is 2. The van der Waals surface area contributed by atoms with Gasteiger partial charge in [-0.2, -0.15) is 0 Å². The van der Waals surface area contributed by atoms with Crippen LogP contribution in [0.2, 0.25) is 0 Å². The highest BCUT2D eigenvalue weighted by molar-refractivity contribution is 7.48. The van der Waals surface area contributed by atoms with Crippen molar-refractivity contribution in [2.75, 3.05) is 26.4 Å². The van der Waals surface area contributed by atoms with Crippen LogP contribution in [0.3, 0.4) is 0 Å². The molecule has 0 amide bonds. The zero-order chi connectivity index (χ0) is 34.1. The van der Waals surface area contributed by atoms with Gasteiger partial charge in [0.1, 0.15) is 12.7 Å². The molecule has 0 bridgehead atoms. The number of ether oxygens (including phenoxy) is 2. The van der Waals surface area contributed by atoms with Crippen LogP contribution in [0.5, 0.6) is 0 Å². The first-order valence-electron chi connectivity index (χ1n) is 18.3. The molecule has 0 aromatic rings. The number of esters is 2. The fourth-order valence-electron chi connectivity index (χ4n) is 5.00. The molecule has 3 unspecified atom stereocenters. The van der Waals surface area contributed by atoms with Crippen LogP contribution in [0.4, 0.5) is 0 Å². The second kappa shape index (κ2) is 32.5. The number of phosphoric ester groups is 1. The van der Waals surface area contributed by atoms with Gasteiger partial charge < -0.3 is 19.7 Å². The van der Waals surface area contributed by atoms with E-state index >= 15 is 0 Å². The molecule has 0 aliphatic carbocycles. The highest BCUT2D eigenvalue weighted by atomic mass is 31.2. The number of quaternary nitrogens is 1. The smallest absolute Gasteiger partial charge is 0.462 e. The molecule has 0 aromatic heterocycles. The summed E-state index contributed by atoms with van der Waals surface area (Å²) >= 11 is 0. The topological polar surface area (TPSA) is 165 Å². The second-order valence-electron chi connectivity index (χ2n) is 12.4. The van der Waals surface area contributed by atoms with Crippen molar-refractivity contribution >= 4 is 19.8 Å². The van der Waals surface area contributed by atoms with Crippen molar-refractivity contribution in [3.8, 4) is 0 Å². The maximum Gasteiger partial charge on any atom is 0.520 e. The normalized spacial score (nSPS) is 14.1. The van der Waals surface area contributed by atoms with Crippen LogP contribution in [0.15, 0.2) is 0 Å². The summed E-state index contributed by atoms with van der Waals surface area (Å²) in [7, 11) is -4.22. The number of carbonyl (C=O) groups is 2. The number of rotatable bonds is 35. The van der Waals surface area contributed by atoms with Crippen molar-refractivity contribution in [3.05, 3.63) is 0 Å². The van der Waals surface area contributed by atoms with Crippen molar-refractivity contribution in [2.24, 2.45) is 0 Å². The Kier molecular flexibility index (Phi) is 31.7. The van der Waals surface area contributed by atoms with E-state index in [-0.39, 0.29) is 19.4 Å². The molecule has 12 heteroatoms. The van der Waals surface area contributed by atoms with Gasteiger partial charge in [0.2, 0.25) is 0 Å². The maximum atomic E-state index is 12.7. The van der Waals surface area contributed by atoms with Crippen LogP contribution >= 0.6 is 7.82 Å². The average Bonchev–Trinajstić information content (AvgIpc) is 3.06. The predicted molar refractivity (Wildman–Crippen MR) is 180 cm³/mol. The molecule has 0 aromatic carbocycles. The van der Waals surface area contributed by atoms with Crippen molar-refractivity contribution in [3.63, 3.8) is 0 Å². The molecule has 274 valence electrons. The number of hydrogen-bond acceptors (Lipinski definition) is 10. The molecule has 0 fully saturated rings. The predicted octanol–water partition coefficient (Wildman–Crippen LogP) is 7.51. The van der Waals surface area contributed by atoms with Gasteiger partial charge in [0, 0.05) is 12.8 Å². The van der Waals surface area contributed by atoms with E-state index in [1.54, 1.807) is 0 Å². The lowest BCUT2D eigenvalue weighted by Crippen LogP contribution is -2.48. The largest absolute Gasteiger partial charge is 0.520 e. The first kappa shape index (κ1) is 44.9. The number of phosphoric acid groups is 1. The van der Waals surface area contributed by atoms with E-state index < -0.39 is 51.8 Å². The third-order valence-electron chi connectivity index (χ3n) is 7.91. The molecule has 11 nitrogen and oxygen atoms in total. The zero-order valence-electron chi connectivity index (χ0n) is 29.3. The average molecular weight is 683 g/mol. The summed E-state index contributed by atoms with van der Waals surface area (Å²) in [6.07, 6.45) is 23.9. The third kappa shape index (κ3) is 29.1. The van der Waals surface area contributed by atoms with Crippen molar-refractivity contribution in [1.29, 1.82) is 0 Å². The van der Waals surface area contributed by atoms with Crippen molar-refractivity contribution in [2.45, 2.75) is 180 Å².